The van der Waals surface area contributed by atoms with E-state index in [1.54, 1.807) is 6.92 Å². The summed E-state index contributed by atoms with van der Waals surface area (Å²) in [5.41, 5.74) is 0.823. The van der Waals surface area contributed by atoms with E-state index < -0.39 is 0 Å². The van der Waals surface area contributed by atoms with Crippen molar-refractivity contribution >= 4 is 6.47 Å². The smallest absolute Gasteiger partial charge is 0.0699 e. The van der Waals surface area contributed by atoms with Gasteiger partial charge in [0.2, 0.25) is 0 Å². The SMILES string of the molecule is C=C(C)CO[C-]=O.[Y]. The molecular weight excluding hydrogens is 181 g/mol. The fourth-order valence-electron chi connectivity index (χ4n) is 0.153. The minimum atomic E-state index is 0. The van der Waals surface area contributed by atoms with E-state index in [-0.39, 0.29) is 39.3 Å². The number of rotatable bonds is 3. The van der Waals surface area contributed by atoms with Gasteiger partial charge in [0.1, 0.15) is 0 Å². The average Bonchev–Trinajstić information content (AvgIpc) is 1.61. The summed E-state index contributed by atoms with van der Waals surface area (Å²) in [6.07, 6.45) is 0. The molecule has 0 saturated carbocycles. The molecule has 0 rings (SSSR count). The Balaban J connectivity index is 0. The fourth-order valence-corrected chi connectivity index (χ4v) is 0.153. The predicted octanol–water partition coefficient (Wildman–Crippen LogP) is 0.644. The van der Waals surface area contributed by atoms with E-state index in [1.807, 2.05) is 0 Å². The first-order chi connectivity index (χ1) is 3.27. The van der Waals surface area contributed by atoms with Crippen molar-refractivity contribution in [1.29, 1.82) is 0 Å². The van der Waals surface area contributed by atoms with Crippen molar-refractivity contribution < 1.29 is 42.2 Å². The molecule has 0 N–H and O–H groups in total. The van der Waals surface area contributed by atoms with Gasteiger partial charge in [0.25, 0.3) is 0 Å². The van der Waals surface area contributed by atoms with Crippen LogP contribution in [0.5, 0.6) is 0 Å². The van der Waals surface area contributed by atoms with Gasteiger partial charge in [-0.25, -0.2) is 0 Å². The first kappa shape index (κ1) is 11.2. The molecular formula is C5H7O2Y-. The van der Waals surface area contributed by atoms with Crippen molar-refractivity contribution in [3.8, 4) is 0 Å². The Bertz CT molecular complexity index is 80.5. The van der Waals surface area contributed by atoms with Crippen LogP contribution in [0, 0.1) is 0 Å². The summed E-state index contributed by atoms with van der Waals surface area (Å²) in [6, 6.07) is 0. The van der Waals surface area contributed by atoms with Crippen LogP contribution in [0.25, 0.3) is 0 Å². The van der Waals surface area contributed by atoms with E-state index in [4.69, 9.17) is 0 Å². The fraction of sp³-hybridized carbons (Fsp3) is 0.400. The molecule has 0 aliphatic carbocycles. The zero-order valence-corrected chi connectivity index (χ0v) is 7.65. The van der Waals surface area contributed by atoms with Crippen LogP contribution < -0.4 is 0 Å². The minimum Gasteiger partial charge on any atom is -0.650 e. The van der Waals surface area contributed by atoms with Gasteiger partial charge in [-0.1, -0.05) is 13.1 Å². The summed E-state index contributed by atoms with van der Waals surface area (Å²) >= 11 is 0. The van der Waals surface area contributed by atoms with Crippen LogP contribution in [0.2, 0.25) is 0 Å². The summed E-state index contributed by atoms with van der Waals surface area (Å²) in [6.45, 7) is 6.83. The topological polar surface area (TPSA) is 26.3 Å². The third-order valence-electron chi connectivity index (χ3n) is 0.377. The second-order valence-electron chi connectivity index (χ2n) is 1.33. The number of carbonyl (C=O) groups excluding carboxylic acids is 1. The number of hydrogen-bond donors (Lipinski definition) is 0. The van der Waals surface area contributed by atoms with Crippen molar-refractivity contribution in [2.75, 3.05) is 6.61 Å². The largest absolute Gasteiger partial charge is 0.650 e. The summed E-state index contributed by atoms with van der Waals surface area (Å²) in [5.74, 6) is 0. The third kappa shape index (κ3) is 9.58. The van der Waals surface area contributed by atoms with E-state index in [0.717, 1.165) is 5.57 Å². The molecule has 0 aliphatic heterocycles. The normalized spacial score (nSPS) is 6.62. The van der Waals surface area contributed by atoms with Crippen LogP contribution >= 0.6 is 0 Å². The van der Waals surface area contributed by atoms with E-state index in [2.05, 4.69) is 11.3 Å². The molecule has 8 heavy (non-hydrogen) atoms. The first-order valence-corrected chi connectivity index (χ1v) is 1.90. The molecule has 3 heteroatoms. The maximum Gasteiger partial charge on any atom is 0.0699 e. The third-order valence-corrected chi connectivity index (χ3v) is 0.377. The Morgan fingerprint density at radius 1 is 1.88 bits per heavy atom. The number of ether oxygens (including phenoxy) is 1. The van der Waals surface area contributed by atoms with Gasteiger partial charge < -0.3 is 9.53 Å². The average molecular weight is 188 g/mol. The summed E-state index contributed by atoms with van der Waals surface area (Å²) in [7, 11) is 0. The summed E-state index contributed by atoms with van der Waals surface area (Å²) < 4.78 is 4.19. The molecule has 0 saturated heterocycles. The standard InChI is InChI=1S/C5H7O2.Y/c1-5(2)3-7-4-6;/h1,3H2,2H3;/q-1;. The van der Waals surface area contributed by atoms with Crippen LogP contribution in [0.4, 0.5) is 0 Å². The molecule has 0 aromatic rings. The van der Waals surface area contributed by atoms with Crippen LogP contribution in [0.1, 0.15) is 6.92 Å². The first-order valence-electron chi connectivity index (χ1n) is 1.90. The predicted molar refractivity (Wildman–Crippen MR) is 26.5 cm³/mol. The summed E-state index contributed by atoms with van der Waals surface area (Å²) in [5, 5.41) is 0. The molecule has 0 spiro atoms. The van der Waals surface area contributed by atoms with Gasteiger partial charge in [-0.05, 0) is 12.5 Å². The van der Waals surface area contributed by atoms with Crippen LogP contribution in [0.15, 0.2) is 12.2 Å². The minimum absolute atomic E-state index is 0. The zero-order chi connectivity index (χ0) is 5.70. The van der Waals surface area contributed by atoms with Gasteiger partial charge in [-0.2, -0.15) is 0 Å². The molecule has 0 heterocycles. The Kier molecular flexibility index (Phi) is 10.2. The molecule has 0 aromatic heterocycles. The quantitative estimate of drug-likeness (QED) is 0.480. The monoisotopic (exact) mass is 188 g/mol. The molecule has 0 aliphatic rings. The Morgan fingerprint density at radius 2 is 2.38 bits per heavy atom. The molecule has 43 valence electrons. The summed E-state index contributed by atoms with van der Waals surface area (Å²) in [4.78, 5) is 9.32. The molecule has 0 fully saturated rings. The van der Waals surface area contributed by atoms with Gasteiger partial charge in [0.05, 0.1) is 6.61 Å². The second kappa shape index (κ2) is 7.31. The Morgan fingerprint density at radius 3 is 2.50 bits per heavy atom. The molecule has 0 bridgehead atoms. The molecule has 1 radical (unpaired) electrons. The zero-order valence-electron chi connectivity index (χ0n) is 4.81. The van der Waals surface area contributed by atoms with Crippen LogP contribution in [-0.4, -0.2) is 13.1 Å². The molecule has 0 amide bonds. The van der Waals surface area contributed by atoms with Crippen molar-refractivity contribution in [3.63, 3.8) is 0 Å². The van der Waals surface area contributed by atoms with Gasteiger partial charge in [0, 0.05) is 32.7 Å². The van der Waals surface area contributed by atoms with E-state index in [0.29, 0.717) is 0 Å². The van der Waals surface area contributed by atoms with Crippen molar-refractivity contribution in [2.45, 2.75) is 6.92 Å². The van der Waals surface area contributed by atoms with Crippen molar-refractivity contribution in [3.05, 3.63) is 12.2 Å². The number of hydrogen-bond acceptors (Lipinski definition) is 2. The van der Waals surface area contributed by atoms with E-state index in [1.165, 1.54) is 6.47 Å². The molecule has 0 atom stereocenters. The Labute approximate surface area is 74.2 Å². The second-order valence-corrected chi connectivity index (χ2v) is 1.33. The maximum absolute atomic E-state index is 9.32. The van der Waals surface area contributed by atoms with Gasteiger partial charge in [0.15, 0.2) is 0 Å². The molecule has 0 unspecified atom stereocenters. The van der Waals surface area contributed by atoms with E-state index >= 15 is 0 Å². The van der Waals surface area contributed by atoms with Gasteiger partial charge in [-0.3, -0.25) is 0 Å². The van der Waals surface area contributed by atoms with Gasteiger partial charge >= 0.3 is 0 Å². The van der Waals surface area contributed by atoms with Crippen molar-refractivity contribution in [1.82, 2.24) is 0 Å². The van der Waals surface area contributed by atoms with Crippen LogP contribution in [0.3, 0.4) is 0 Å². The maximum atomic E-state index is 9.32. The Hall–Kier alpha value is 0.314. The van der Waals surface area contributed by atoms with Crippen molar-refractivity contribution in [2.24, 2.45) is 0 Å². The van der Waals surface area contributed by atoms with Gasteiger partial charge in [-0.15, -0.1) is 0 Å². The molecule has 0 aromatic carbocycles. The molecule has 2 nitrogen and oxygen atoms in total. The van der Waals surface area contributed by atoms with Crippen LogP contribution in [-0.2, 0) is 42.2 Å². The van der Waals surface area contributed by atoms with E-state index in [9.17, 15) is 4.79 Å².